The standard InChI is InChI=1S/C12H17N3O/c13-9-12(4-5-12)11(16)15-8-3-10-1-6-14-7-2-10/h1-2,6-7H,3-5,8-9,13H2,(H,15,16). The molecule has 1 saturated carbocycles. The van der Waals surface area contributed by atoms with Crippen molar-refractivity contribution in [2.75, 3.05) is 13.1 Å². The highest BCUT2D eigenvalue weighted by Crippen LogP contribution is 2.44. The summed E-state index contributed by atoms with van der Waals surface area (Å²) in [6.45, 7) is 1.14. The van der Waals surface area contributed by atoms with E-state index in [-0.39, 0.29) is 11.3 Å². The van der Waals surface area contributed by atoms with Crippen LogP contribution in [-0.2, 0) is 11.2 Å². The molecule has 0 atom stereocenters. The molecular weight excluding hydrogens is 202 g/mol. The third-order valence-corrected chi connectivity index (χ3v) is 3.17. The largest absolute Gasteiger partial charge is 0.355 e. The van der Waals surface area contributed by atoms with E-state index in [2.05, 4.69) is 10.3 Å². The highest BCUT2D eigenvalue weighted by molar-refractivity contribution is 5.85. The van der Waals surface area contributed by atoms with E-state index >= 15 is 0 Å². The van der Waals surface area contributed by atoms with Crippen LogP contribution in [0, 0.1) is 5.41 Å². The van der Waals surface area contributed by atoms with Crippen LogP contribution in [0.4, 0.5) is 0 Å². The number of nitrogens with one attached hydrogen (secondary N) is 1. The first-order chi connectivity index (χ1) is 7.77. The summed E-state index contributed by atoms with van der Waals surface area (Å²) in [5.74, 6) is 0.115. The molecule has 16 heavy (non-hydrogen) atoms. The summed E-state index contributed by atoms with van der Waals surface area (Å²) >= 11 is 0. The normalized spacial score (nSPS) is 16.8. The van der Waals surface area contributed by atoms with Crippen molar-refractivity contribution < 1.29 is 4.79 Å². The molecule has 1 aliphatic carbocycles. The Morgan fingerprint density at radius 2 is 2.12 bits per heavy atom. The van der Waals surface area contributed by atoms with Crippen LogP contribution in [0.2, 0.25) is 0 Å². The van der Waals surface area contributed by atoms with Crippen LogP contribution in [0.1, 0.15) is 18.4 Å². The molecule has 0 radical (unpaired) electrons. The number of hydrogen-bond acceptors (Lipinski definition) is 3. The zero-order chi connectivity index (χ0) is 11.4. The van der Waals surface area contributed by atoms with Gasteiger partial charge in [0.1, 0.15) is 0 Å². The molecule has 1 aliphatic rings. The second kappa shape index (κ2) is 4.61. The van der Waals surface area contributed by atoms with E-state index in [1.165, 1.54) is 5.56 Å². The molecule has 0 aliphatic heterocycles. The number of nitrogens with zero attached hydrogens (tertiary/aromatic N) is 1. The van der Waals surface area contributed by atoms with E-state index in [1.807, 2.05) is 12.1 Å². The molecule has 2 rings (SSSR count). The van der Waals surface area contributed by atoms with Gasteiger partial charge >= 0.3 is 0 Å². The maximum Gasteiger partial charge on any atom is 0.227 e. The Hall–Kier alpha value is -1.42. The number of carbonyl (C=O) groups is 1. The van der Waals surface area contributed by atoms with E-state index in [0.29, 0.717) is 13.1 Å². The van der Waals surface area contributed by atoms with Gasteiger partial charge in [-0.2, -0.15) is 0 Å². The number of nitrogens with two attached hydrogens (primary N) is 1. The molecule has 4 nitrogen and oxygen atoms in total. The van der Waals surface area contributed by atoms with Crippen molar-refractivity contribution in [1.29, 1.82) is 0 Å². The lowest BCUT2D eigenvalue weighted by Crippen LogP contribution is -2.37. The first-order valence-corrected chi connectivity index (χ1v) is 5.64. The van der Waals surface area contributed by atoms with Crippen LogP contribution in [0.25, 0.3) is 0 Å². The average Bonchev–Trinajstić information content (AvgIpc) is 3.11. The van der Waals surface area contributed by atoms with Crippen LogP contribution in [0.15, 0.2) is 24.5 Å². The van der Waals surface area contributed by atoms with Gasteiger partial charge in [0, 0.05) is 25.5 Å². The average molecular weight is 219 g/mol. The molecule has 86 valence electrons. The van der Waals surface area contributed by atoms with Crippen LogP contribution >= 0.6 is 0 Å². The van der Waals surface area contributed by atoms with Crippen molar-refractivity contribution >= 4 is 5.91 Å². The van der Waals surface area contributed by atoms with Crippen LogP contribution in [0.3, 0.4) is 0 Å². The van der Waals surface area contributed by atoms with Gasteiger partial charge in [0.15, 0.2) is 0 Å². The third-order valence-electron chi connectivity index (χ3n) is 3.17. The fourth-order valence-electron chi connectivity index (χ4n) is 1.73. The summed E-state index contributed by atoms with van der Waals surface area (Å²) in [6, 6.07) is 3.92. The van der Waals surface area contributed by atoms with Crippen molar-refractivity contribution in [1.82, 2.24) is 10.3 Å². The van der Waals surface area contributed by atoms with E-state index in [0.717, 1.165) is 19.3 Å². The van der Waals surface area contributed by atoms with Gasteiger partial charge in [-0.05, 0) is 37.0 Å². The number of rotatable bonds is 5. The van der Waals surface area contributed by atoms with Crippen molar-refractivity contribution in [3.63, 3.8) is 0 Å². The van der Waals surface area contributed by atoms with E-state index in [1.54, 1.807) is 12.4 Å². The summed E-state index contributed by atoms with van der Waals surface area (Å²) in [5, 5.41) is 2.95. The lowest BCUT2D eigenvalue weighted by atomic mass is 10.1. The summed E-state index contributed by atoms with van der Waals surface area (Å²) in [6.07, 6.45) is 6.24. The van der Waals surface area contributed by atoms with Gasteiger partial charge in [-0.25, -0.2) is 0 Å². The van der Waals surface area contributed by atoms with Crippen LogP contribution in [0.5, 0.6) is 0 Å². The predicted octanol–water partition coefficient (Wildman–Crippen LogP) is 0.479. The minimum absolute atomic E-state index is 0.115. The van der Waals surface area contributed by atoms with Gasteiger partial charge in [0.2, 0.25) is 5.91 Å². The monoisotopic (exact) mass is 219 g/mol. The molecular formula is C12H17N3O. The lowest BCUT2D eigenvalue weighted by Gasteiger charge is -2.12. The predicted molar refractivity (Wildman–Crippen MR) is 61.7 cm³/mol. The molecule has 1 fully saturated rings. The Morgan fingerprint density at radius 1 is 1.44 bits per heavy atom. The number of carbonyl (C=O) groups excluding carboxylic acids is 1. The Kier molecular flexibility index (Phi) is 3.19. The molecule has 1 aromatic rings. The van der Waals surface area contributed by atoms with Gasteiger partial charge in [-0.3, -0.25) is 9.78 Å². The Balaban J connectivity index is 1.75. The molecule has 0 unspecified atom stereocenters. The van der Waals surface area contributed by atoms with Gasteiger partial charge in [-0.15, -0.1) is 0 Å². The quantitative estimate of drug-likeness (QED) is 0.757. The summed E-state index contributed by atoms with van der Waals surface area (Å²) in [7, 11) is 0. The van der Waals surface area contributed by atoms with E-state index in [4.69, 9.17) is 5.73 Å². The summed E-state index contributed by atoms with van der Waals surface area (Å²) in [4.78, 5) is 15.7. The minimum atomic E-state index is -0.238. The minimum Gasteiger partial charge on any atom is -0.355 e. The molecule has 0 spiro atoms. The Labute approximate surface area is 95.3 Å². The maximum absolute atomic E-state index is 11.7. The van der Waals surface area contributed by atoms with Crippen molar-refractivity contribution in [3.05, 3.63) is 30.1 Å². The fraction of sp³-hybridized carbons (Fsp3) is 0.500. The van der Waals surface area contributed by atoms with Gasteiger partial charge < -0.3 is 11.1 Å². The highest BCUT2D eigenvalue weighted by atomic mass is 16.2. The summed E-state index contributed by atoms with van der Waals surface area (Å²) in [5.41, 5.74) is 6.53. The molecule has 1 aromatic heterocycles. The van der Waals surface area contributed by atoms with Gasteiger partial charge in [-0.1, -0.05) is 0 Å². The first kappa shape index (κ1) is 11.1. The van der Waals surface area contributed by atoms with Crippen molar-refractivity contribution in [2.24, 2.45) is 11.1 Å². The molecule has 0 bridgehead atoms. The second-order valence-corrected chi connectivity index (χ2v) is 4.35. The zero-order valence-corrected chi connectivity index (χ0v) is 9.28. The van der Waals surface area contributed by atoms with Gasteiger partial charge in [0.05, 0.1) is 5.41 Å². The first-order valence-electron chi connectivity index (χ1n) is 5.64. The number of pyridine rings is 1. The maximum atomic E-state index is 11.7. The van der Waals surface area contributed by atoms with Crippen LogP contribution < -0.4 is 11.1 Å². The van der Waals surface area contributed by atoms with E-state index in [9.17, 15) is 4.79 Å². The van der Waals surface area contributed by atoms with Crippen molar-refractivity contribution in [2.45, 2.75) is 19.3 Å². The second-order valence-electron chi connectivity index (χ2n) is 4.35. The third kappa shape index (κ3) is 2.39. The molecule has 0 saturated heterocycles. The smallest absolute Gasteiger partial charge is 0.227 e. The molecule has 0 aromatic carbocycles. The highest BCUT2D eigenvalue weighted by Gasteiger charge is 2.48. The summed E-state index contributed by atoms with van der Waals surface area (Å²) < 4.78 is 0. The topological polar surface area (TPSA) is 68.0 Å². The molecule has 3 N–H and O–H groups in total. The SMILES string of the molecule is NCC1(C(=O)NCCc2ccncc2)CC1. The number of aromatic nitrogens is 1. The number of hydrogen-bond donors (Lipinski definition) is 2. The van der Waals surface area contributed by atoms with Crippen LogP contribution in [-0.4, -0.2) is 24.0 Å². The molecule has 1 heterocycles. The Bertz CT molecular complexity index is 360. The molecule has 4 heteroatoms. The van der Waals surface area contributed by atoms with Gasteiger partial charge in [0.25, 0.3) is 0 Å². The molecule has 1 amide bonds. The lowest BCUT2D eigenvalue weighted by molar-refractivity contribution is -0.125. The number of amides is 1. The Morgan fingerprint density at radius 3 is 2.69 bits per heavy atom. The fourth-order valence-corrected chi connectivity index (χ4v) is 1.73. The van der Waals surface area contributed by atoms with E-state index < -0.39 is 0 Å². The zero-order valence-electron chi connectivity index (χ0n) is 9.28. The van der Waals surface area contributed by atoms with Crippen molar-refractivity contribution in [3.8, 4) is 0 Å².